The lowest BCUT2D eigenvalue weighted by Crippen LogP contribution is -2.08. The van der Waals surface area contributed by atoms with Crippen molar-refractivity contribution in [1.82, 2.24) is 14.8 Å². The molecule has 4 aromatic rings. The van der Waals surface area contributed by atoms with E-state index in [1.54, 1.807) is 29.9 Å². The lowest BCUT2D eigenvalue weighted by atomic mass is 10.1. The Morgan fingerprint density at radius 2 is 1.96 bits per heavy atom. The summed E-state index contributed by atoms with van der Waals surface area (Å²) >= 11 is 0. The Morgan fingerprint density at radius 1 is 1.15 bits per heavy atom. The zero-order valence-electron chi connectivity index (χ0n) is 14.6. The standard InChI is InChI=1S/C21H16FN3O2/c1-14-19(11-16-5-6-17(22)12-20(16)24-14)21(26)27-13-15-3-7-18(8-4-15)25-10-2-9-23-25/h2-12H,13H2,1H3. The van der Waals surface area contributed by atoms with E-state index in [1.165, 1.54) is 12.1 Å². The molecule has 0 bridgehead atoms. The molecule has 2 aromatic heterocycles. The molecule has 0 amide bonds. The normalized spacial score (nSPS) is 10.9. The second-order valence-electron chi connectivity index (χ2n) is 6.15. The first-order chi connectivity index (χ1) is 13.1. The molecule has 0 unspecified atom stereocenters. The molecule has 0 spiro atoms. The zero-order chi connectivity index (χ0) is 18.8. The Labute approximate surface area is 155 Å². The van der Waals surface area contributed by atoms with Gasteiger partial charge in [-0.3, -0.25) is 4.98 Å². The maximum Gasteiger partial charge on any atom is 0.340 e. The first-order valence-corrected chi connectivity index (χ1v) is 8.43. The molecule has 2 aromatic carbocycles. The SMILES string of the molecule is Cc1nc2cc(F)ccc2cc1C(=O)OCc1ccc(-n2cccn2)cc1. The molecule has 0 fully saturated rings. The van der Waals surface area contributed by atoms with Crippen molar-refractivity contribution < 1.29 is 13.9 Å². The summed E-state index contributed by atoms with van der Waals surface area (Å²) in [6.07, 6.45) is 3.57. The third-order valence-electron chi connectivity index (χ3n) is 4.27. The lowest BCUT2D eigenvalue weighted by molar-refractivity contribution is 0.0471. The molecular formula is C21H16FN3O2. The second-order valence-corrected chi connectivity index (χ2v) is 6.15. The molecule has 0 aliphatic rings. The van der Waals surface area contributed by atoms with Crippen molar-refractivity contribution >= 4 is 16.9 Å². The minimum Gasteiger partial charge on any atom is -0.457 e. The smallest absolute Gasteiger partial charge is 0.340 e. The highest BCUT2D eigenvalue weighted by Crippen LogP contribution is 2.19. The third-order valence-corrected chi connectivity index (χ3v) is 4.27. The number of hydrogen-bond acceptors (Lipinski definition) is 4. The number of aromatic nitrogens is 3. The highest BCUT2D eigenvalue weighted by Gasteiger charge is 2.14. The first-order valence-electron chi connectivity index (χ1n) is 8.43. The van der Waals surface area contributed by atoms with Gasteiger partial charge in [0.1, 0.15) is 12.4 Å². The number of hydrogen-bond donors (Lipinski definition) is 0. The van der Waals surface area contributed by atoms with Crippen molar-refractivity contribution in [3.8, 4) is 5.69 Å². The Hall–Kier alpha value is -3.54. The lowest BCUT2D eigenvalue weighted by Gasteiger charge is -2.09. The molecular weight excluding hydrogens is 345 g/mol. The average Bonchev–Trinajstić information content (AvgIpc) is 3.20. The van der Waals surface area contributed by atoms with Crippen LogP contribution in [0.4, 0.5) is 4.39 Å². The molecule has 2 heterocycles. The molecule has 5 nitrogen and oxygen atoms in total. The Balaban J connectivity index is 1.48. The van der Waals surface area contributed by atoms with Crippen molar-refractivity contribution in [1.29, 1.82) is 0 Å². The van der Waals surface area contributed by atoms with Crippen LogP contribution in [0.5, 0.6) is 0 Å². The molecule has 0 radical (unpaired) electrons. The summed E-state index contributed by atoms with van der Waals surface area (Å²) in [5.41, 5.74) is 3.19. The van der Waals surface area contributed by atoms with E-state index in [-0.39, 0.29) is 12.4 Å². The van der Waals surface area contributed by atoms with E-state index in [1.807, 2.05) is 36.5 Å². The number of pyridine rings is 1. The molecule has 0 saturated carbocycles. The Bertz CT molecular complexity index is 1110. The predicted molar refractivity (Wildman–Crippen MR) is 99.1 cm³/mol. The molecule has 0 aliphatic heterocycles. The van der Waals surface area contributed by atoms with Gasteiger partial charge in [-0.1, -0.05) is 12.1 Å². The number of halogens is 1. The third kappa shape index (κ3) is 3.55. The van der Waals surface area contributed by atoms with Gasteiger partial charge < -0.3 is 4.74 Å². The number of ether oxygens (including phenoxy) is 1. The number of esters is 1. The molecule has 134 valence electrons. The number of carbonyl (C=O) groups excluding carboxylic acids is 1. The fourth-order valence-corrected chi connectivity index (χ4v) is 2.84. The summed E-state index contributed by atoms with van der Waals surface area (Å²) in [6.45, 7) is 1.86. The van der Waals surface area contributed by atoms with Gasteiger partial charge in [-0.05, 0) is 48.9 Å². The zero-order valence-corrected chi connectivity index (χ0v) is 14.6. The number of carbonyl (C=O) groups is 1. The van der Waals surface area contributed by atoms with Crippen molar-refractivity contribution in [3.05, 3.63) is 89.6 Å². The van der Waals surface area contributed by atoms with Gasteiger partial charge >= 0.3 is 5.97 Å². The number of aryl methyl sites for hydroxylation is 1. The maximum absolute atomic E-state index is 13.3. The van der Waals surface area contributed by atoms with Crippen LogP contribution in [0.3, 0.4) is 0 Å². The summed E-state index contributed by atoms with van der Waals surface area (Å²) in [5, 5.41) is 4.86. The van der Waals surface area contributed by atoms with Crippen LogP contribution in [0.2, 0.25) is 0 Å². The molecule has 0 atom stereocenters. The molecule has 6 heteroatoms. The van der Waals surface area contributed by atoms with Crippen LogP contribution in [0.25, 0.3) is 16.6 Å². The van der Waals surface area contributed by atoms with E-state index in [0.717, 1.165) is 11.3 Å². The Kier molecular flexibility index (Phi) is 4.38. The number of rotatable bonds is 4. The van der Waals surface area contributed by atoms with Crippen LogP contribution in [-0.4, -0.2) is 20.7 Å². The minimum atomic E-state index is -0.456. The van der Waals surface area contributed by atoms with Gasteiger partial charge in [0.05, 0.1) is 22.5 Å². The van der Waals surface area contributed by atoms with Gasteiger partial charge in [-0.15, -0.1) is 0 Å². The van der Waals surface area contributed by atoms with E-state index in [4.69, 9.17) is 4.74 Å². The largest absolute Gasteiger partial charge is 0.457 e. The number of nitrogens with zero attached hydrogens (tertiary/aromatic N) is 3. The average molecular weight is 361 g/mol. The van der Waals surface area contributed by atoms with Gasteiger partial charge in [0.25, 0.3) is 0 Å². The van der Waals surface area contributed by atoms with Gasteiger partial charge in [0.2, 0.25) is 0 Å². The van der Waals surface area contributed by atoms with Crippen LogP contribution in [-0.2, 0) is 11.3 Å². The van der Waals surface area contributed by atoms with Gasteiger partial charge in [0.15, 0.2) is 0 Å². The van der Waals surface area contributed by atoms with E-state index in [0.29, 0.717) is 22.2 Å². The van der Waals surface area contributed by atoms with E-state index >= 15 is 0 Å². The Morgan fingerprint density at radius 3 is 2.70 bits per heavy atom. The van der Waals surface area contributed by atoms with Gasteiger partial charge in [-0.2, -0.15) is 5.10 Å². The van der Waals surface area contributed by atoms with Crippen LogP contribution < -0.4 is 0 Å². The van der Waals surface area contributed by atoms with E-state index in [9.17, 15) is 9.18 Å². The van der Waals surface area contributed by atoms with Gasteiger partial charge in [-0.25, -0.2) is 13.9 Å². The number of benzene rings is 2. The monoisotopic (exact) mass is 361 g/mol. The topological polar surface area (TPSA) is 57.0 Å². The summed E-state index contributed by atoms with van der Waals surface area (Å²) in [4.78, 5) is 16.8. The van der Waals surface area contributed by atoms with Crippen LogP contribution >= 0.6 is 0 Å². The highest BCUT2D eigenvalue weighted by molar-refractivity contribution is 5.95. The molecule has 4 rings (SSSR count). The molecule has 0 aliphatic carbocycles. The van der Waals surface area contributed by atoms with Crippen molar-refractivity contribution in [3.63, 3.8) is 0 Å². The molecule has 0 N–H and O–H groups in total. The molecule has 0 saturated heterocycles. The van der Waals surface area contributed by atoms with Crippen molar-refractivity contribution in [2.75, 3.05) is 0 Å². The summed E-state index contributed by atoms with van der Waals surface area (Å²) in [6, 6.07) is 15.4. The van der Waals surface area contributed by atoms with E-state index in [2.05, 4.69) is 10.1 Å². The van der Waals surface area contributed by atoms with E-state index < -0.39 is 5.97 Å². The van der Waals surface area contributed by atoms with Crippen LogP contribution in [0.15, 0.2) is 67.0 Å². The predicted octanol–water partition coefficient (Wildman–Crippen LogP) is 4.23. The minimum absolute atomic E-state index is 0.152. The second kappa shape index (κ2) is 6.99. The van der Waals surface area contributed by atoms with Crippen LogP contribution in [0, 0.1) is 12.7 Å². The quantitative estimate of drug-likeness (QED) is 0.511. The van der Waals surface area contributed by atoms with Crippen molar-refractivity contribution in [2.45, 2.75) is 13.5 Å². The summed E-state index contributed by atoms with van der Waals surface area (Å²) in [7, 11) is 0. The fraction of sp³-hybridized carbons (Fsp3) is 0.0952. The highest BCUT2D eigenvalue weighted by atomic mass is 19.1. The van der Waals surface area contributed by atoms with Gasteiger partial charge in [0, 0.05) is 23.8 Å². The first kappa shape index (κ1) is 16.9. The van der Waals surface area contributed by atoms with Crippen LogP contribution in [0.1, 0.15) is 21.6 Å². The fourth-order valence-electron chi connectivity index (χ4n) is 2.84. The summed E-state index contributed by atoms with van der Waals surface area (Å²) in [5.74, 6) is -0.814. The number of fused-ring (bicyclic) bond motifs is 1. The molecule has 27 heavy (non-hydrogen) atoms. The van der Waals surface area contributed by atoms with Crippen molar-refractivity contribution in [2.24, 2.45) is 0 Å². The summed E-state index contributed by atoms with van der Waals surface area (Å²) < 4.78 is 20.5. The maximum atomic E-state index is 13.3.